The van der Waals surface area contributed by atoms with E-state index in [2.05, 4.69) is 45.9 Å². The van der Waals surface area contributed by atoms with Crippen LogP contribution in [0.3, 0.4) is 0 Å². The van der Waals surface area contributed by atoms with Crippen molar-refractivity contribution in [3.8, 4) is 5.88 Å². The Balaban J connectivity index is 2.19. The van der Waals surface area contributed by atoms with Gasteiger partial charge in [-0.1, -0.05) is 34.1 Å². The van der Waals surface area contributed by atoms with Gasteiger partial charge in [0.15, 0.2) is 25.5 Å². The normalized spacial score (nSPS) is 24.6. The Morgan fingerprint density at radius 1 is 1.25 bits per heavy atom. The molecule has 0 spiro atoms. The highest BCUT2D eigenvalue weighted by molar-refractivity contribution is 6.74. The van der Waals surface area contributed by atoms with Crippen LogP contribution in [0, 0.1) is 5.92 Å². The van der Waals surface area contributed by atoms with Crippen LogP contribution in [0.1, 0.15) is 69.1 Å². The molecule has 0 aromatic carbocycles. The number of Topliss-reactive ketones (excluding diaryl/α,β-unsaturated/α-hetero) is 1. The quantitative estimate of drug-likeness (QED) is 0.179. The van der Waals surface area contributed by atoms with E-state index < -0.39 is 31.7 Å². The maximum absolute atomic E-state index is 14.4. The number of hydrogen-bond acceptors (Lipinski definition) is 9. The summed E-state index contributed by atoms with van der Waals surface area (Å²) in [7, 11) is 2.77. The molecule has 1 aromatic rings. The molecule has 0 saturated heterocycles. The van der Waals surface area contributed by atoms with Crippen molar-refractivity contribution in [3.05, 3.63) is 23.0 Å². The number of ether oxygens (including phenoxy) is 3. The van der Waals surface area contributed by atoms with Crippen molar-refractivity contribution in [1.82, 2.24) is 10.1 Å². The fourth-order valence-electron chi connectivity index (χ4n) is 4.73. The molecule has 0 radical (unpaired) electrons. The molecule has 3 rings (SSSR count). The summed E-state index contributed by atoms with van der Waals surface area (Å²) in [5, 5.41) is 3.91. The van der Waals surface area contributed by atoms with Crippen molar-refractivity contribution in [1.29, 1.82) is 0 Å². The third-order valence-electron chi connectivity index (χ3n) is 7.61. The number of carbonyl (C=O) groups excluding carboxylic acids is 2. The Bertz CT molecular complexity index is 995. The first-order valence-electron chi connectivity index (χ1n) is 12.7. The Morgan fingerprint density at radius 3 is 2.53 bits per heavy atom. The summed E-state index contributed by atoms with van der Waals surface area (Å²) in [5.41, 5.74) is -0.677. The predicted molar refractivity (Wildman–Crippen MR) is 138 cm³/mol. The van der Waals surface area contributed by atoms with Gasteiger partial charge in [0.2, 0.25) is 5.78 Å². The van der Waals surface area contributed by atoms with Crippen LogP contribution in [0.15, 0.2) is 16.2 Å². The lowest BCUT2D eigenvalue weighted by Gasteiger charge is -2.52. The van der Waals surface area contributed by atoms with E-state index in [4.69, 9.17) is 23.2 Å². The highest BCUT2D eigenvalue weighted by Crippen LogP contribution is 2.54. The van der Waals surface area contributed by atoms with Gasteiger partial charge in [0.05, 0.1) is 19.3 Å². The molecule has 36 heavy (non-hydrogen) atoms. The monoisotopic (exact) mass is 522 g/mol. The fraction of sp³-hybridized carbons (Fsp3) is 0.731. The number of unbranched alkanes of at least 4 members (excludes halogenated alkanes) is 1. The topological polar surface area (TPSA) is 100 Å². The molecule has 0 amide bonds. The molecule has 0 N–H and O–H groups in total. The summed E-state index contributed by atoms with van der Waals surface area (Å²) in [6, 6.07) is -0.423. The molecule has 0 saturated carbocycles. The molecule has 2 aliphatic rings. The van der Waals surface area contributed by atoms with E-state index in [1.54, 1.807) is 7.11 Å². The molecule has 3 atom stereocenters. The van der Waals surface area contributed by atoms with Crippen molar-refractivity contribution in [2.75, 3.05) is 41.2 Å². The van der Waals surface area contributed by atoms with E-state index >= 15 is 0 Å². The molecule has 9 nitrogen and oxygen atoms in total. The first-order chi connectivity index (χ1) is 16.8. The largest absolute Gasteiger partial charge is 0.475 e. The van der Waals surface area contributed by atoms with Gasteiger partial charge in [0.25, 0.3) is 5.88 Å². The lowest BCUT2D eigenvalue weighted by atomic mass is 9.63. The number of aromatic nitrogens is 1. The summed E-state index contributed by atoms with van der Waals surface area (Å²) in [6.45, 7) is 13.2. The third-order valence-corrected chi connectivity index (χ3v) is 12.1. The summed E-state index contributed by atoms with van der Waals surface area (Å²) < 4.78 is 29.1. The Labute approximate surface area is 215 Å². The minimum Gasteiger partial charge on any atom is -0.475 e. The SMILES string of the molecule is CCCCOc1noc2c1C(=O)[C@@]1(O[Si](C)(C)C(C)(C)C)C(=O)C=C(COCOC)C[C@H]1[C@@H]2N(C)C. The molecule has 1 heterocycles. The van der Waals surface area contributed by atoms with Gasteiger partial charge in [-0.05, 0) is 61.9 Å². The van der Waals surface area contributed by atoms with Gasteiger partial charge in [-0.15, -0.1) is 0 Å². The van der Waals surface area contributed by atoms with Crippen LogP contribution in [-0.2, 0) is 18.7 Å². The van der Waals surface area contributed by atoms with Crippen LogP contribution in [0.4, 0.5) is 0 Å². The number of methoxy groups -OCH3 is 1. The average molecular weight is 523 g/mol. The first-order valence-corrected chi connectivity index (χ1v) is 15.6. The van der Waals surface area contributed by atoms with E-state index in [1.807, 2.05) is 19.0 Å². The minimum absolute atomic E-state index is 0.114. The number of fused-ring (bicyclic) bond motifs is 2. The second-order valence-electron chi connectivity index (χ2n) is 11.5. The van der Waals surface area contributed by atoms with Crippen molar-refractivity contribution in [2.45, 2.75) is 76.7 Å². The number of carbonyl (C=O) groups is 2. The van der Waals surface area contributed by atoms with Crippen LogP contribution < -0.4 is 4.74 Å². The molecule has 202 valence electrons. The standard InChI is InChI=1S/C26H42N2O7Si/c1-10-11-12-33-24-20-22(34-27-24)21(28(5)6)18-13-17(15-32-16-31-7)14-19(29)26(18,23(20)30)35-36(8,9)25(2,3)4/h14,18,21H,10-13,15-16H2,1-9H3/t18-,21-,26-/m0/s1. The molecular formula is C26H42N2O7Si. The van der Waals surface area contributed by atoms with Crippen molar-refractivity contribution in [2.24, 2.45) is 5.92 Å². The summed E-state index contributed by atoms with van der Waals surface area (Å²) in [4.78, 5) is 30.5. The first kappa shape index (κ1) is 28.7. The highest BCUT2D eigenvalue weighted by atomic mass is 28.4. The van der Waals surface area contributed by atoms with Gasteiger partial charge in [0.1, 0.15) is 12.4 Å². The van der Waals surface area contributed by atoms with Gasteiger partial charge in [-0.3, -0.25) is 14.5 Å². The smallest absolute Gasteiger partial charge is 0.265 e. The van der Waals surface area contributed by atoms with Crippen LogP contribution >= 0.6 is 0 Å². The molecule has 2 aliphatic carbocycles. The van der Waals surface area contributed by atoms with E-state index in [9.17, 15) is 9.59 Å². The third kappa shape index (κ3) is 5.11. The molecule has 0 bridgehead atoms. The van der Waals surface area contributed by atoms with E-state index in [0.29, 0.717) is 18.8 Å². The predicted octanol–water partition coefficient (Wildman–Crippen LogP) is 4.55. The van der Waals surface area contributed by atoms with Crippen molar-refractivity contribution >= 4 is 19.9 Å². The molecule has 1 aromatic heterocycles. The van der Waals surface area contributed by atoms with E-state index in [-0.39, 0.29) is 35.7 Å². The highest BCUT2D eigenvalue weighted by Gasteiger charge is 2.65. The maximum atomic E-state index is 14.4. The lowest BCUT2D eigenvalue weighted by molar-refractivity contribution is -0.136. The second-order valence-corrected chi connectivity index (χ2v) is 16.2. The maximum Gasteiger partial charge on any atom is 0.265 e. The van der Waals surface area contributed by atoms with Gasteiger partial charge < -0.3 is 23.2 Å². The number of rotatable bonds is 11. The summed E-state index contributed by atoms with van der Waals surface area (Å²) >= 11 is 0. The fourth-order valence-corrected chi connectivity index (χ4v) is 6.19. The molecule has 10 heteroatoms. The average Bonchev–Trinajstić information content (AvgIpc) is 3.18. The van der Waals surface area contributed by atoms with Crippen LogP contribution in [0.2, 0.25) is 18.1 Å². The zero-order valence-corrected chi connectivity index (χ0v) is 24.2. The molecule has 0 unspecified atom stereocenters. The molecule has 0 fully saturated rings. The van der Waals surface area contributed by atoms with Crippen LogP contribution in [0.5, 0.6) is 5.88 Å². The number of ketones is 2. The zero-order chi connectivity index (χ0) is 26.9. The number of hydrogen-bond donors (Lipinski definition) is 0. The van der Waals surface area contributed by atoms with Crippen molar-refractivity contribution < 1.29 is 32.7 Å². The van der Waals surface area contributed by atoms with E-state index in [0.717, 1.165) is 18.4 Å². The summed E-state index contributed by atoms with van der Waals surface area (Å²) in [5.74, 6) is -0.739. The van der Waals surface area contributed by atoms with Gasteiger partial charge in [-0.2, -0.15) is 0 Å². The van der Waals surface area contributed by atoms with Crippen LogP contribution in [-0.4, -0.2) is 76.8 Å². The Hall–Kier alpha value is -1.85. The minimum atomic E-state index is -2.59. The molecular weight excluding hydrogens is 480 g/mol. The van der Waals surface area contributed by atoms with Crippen LogP contribution in [0.25, 0.3) is 0 Å². The van der Waals surface area contributed by atoms with E-state index in [1.165, 1.54) is 6.08 Å². The molecule has 0 aliphatic heterocycles. The Morgan fingerprint density at radius 2 is 1.94 bits per heavy atom. The lowest BCUT2D eigenvalue weighted by Crippen LogP contribution is -2.66. The van der Waals surface area contributed by atoms with Gasteiger partial charge >= 0.3 is 0 Å². The zero-order valence-electron chi connectivity index (χ0n) is 23.2. The van der Waals surface area contributed by atoms with Gasteiger partial charge in [-0.25, -0.2) is 0 Å². The second kappa shape index (κ2) is 10.9. The Kier molecular flexibility index (Phi) is 8.67. The van der Waals surface area contributed by atoms with Gasteiger partial charge in [0, 0.05) is 13.0 Å². The van der Waals surface area contributed by atoms with Crippen molar-refractivity contribution in [3.63, 3.8) is 0 Å². The number of nitrogens with zero attached hydrogens (tertiary/aromatic N) is 2. The summed E-state index contributed by atoms with van der Waals surface area (Å²) in [6.07, 6.45) is 3.71.